The van der Waals surface area contributed by atoms with Gasteiger partial charge in [-0.15, -0.1) is 0 Å². The first-order valence-electron chi connectivity index (χ1n) is 6.86. The van der Waals surface area contributed by atoms with Crippen molar-refractivity contribution in [1.82, 2.24) is 9.36 Å². The fourth-order valence-corrected chi connectivity index (χ4v) is 2.69. The summed E-state index contributed by atoms with van der Waals surface area (Å²) in [5.41, 5.74) is -0.551. The van der Waals surface area contributed by atoms with Crippen molar-refractivity contribution in [3.8, 4) is 0 Å². The molecule has 1 heterocycles. The topological polar surface area (TPSA) is 58.0 Å². The molecule has 0 amide bonds. The van der Waals surface area contributed by atoms with Crippen molar-refractivity contribution in [2.45, 2.75) is 31.0 Å². The van der Waals surface area contributed by atoms with E-state index in [9.17, 15) is 18.3 Å². The highest BCUT2D eigenvalue weighted by atomic mass is 32.1. The molecule has 1 aromatic heterocycles. The Balaban J connectivity index is 1.62. The second-order valence-corrected chi connectivity index (χ2v) is 6.00. The maximum absolute atomic E-state index is 12.7. The molecule has 0 saturated heterocycles. The highest BCUT2D eigenvalue weighted by molar-refractivity contribution is 7.09. The van der Waals surface area contributed by atoms with Gasteiger partial charge in [-0.2, -0.15) is 17.5 Å². The smallest absolute Gasteiger partial charge is 0.387 e. The second kappa shape index (κ2) is 5.85. The van der Waals surface area contributed by atoms with Gasteiger partial charge in [0.1, 0.15) is 5.82 Å². The number of aromatic nitrogens is 2. The molecule has 1 saturated carbocycles. The minimum atomic E-state index is -4.42. The third-order valence-electron chi connectivity index (χ3n) is 3.43. The summed E-state index contributed by atoms with van der Waals surface area (Å²) in [6, 6.07) is 4.70. The van der Waals surface area contributed by atoms with Gasteiger partial charge in [0.25, 0.3) is 0 Å². The van der Waals surface area contributed by atoms with E-state index >= 15 is 0 Å². The number of aliphatic hydroxyl groups is 1. The van der Waals surface area contributed by atoms with Crippen LogP contribution in [0.15, 0.2) is 24.3 Å². The first-order chi connectivity index (χ1) is 10.4. The number of anilines is 1. The van der Waals surface area contributed by atoms with Gasteiger partial charge >= 0.3 is 6.18 Å². The lowest BCUT2D eigenvalue weighted by atomic mass is 10.1. The molecule has 22 heavy (non-hydrogen) atoms. The molecule has 1 aromatic carbocycles. The van der Waals surface area contributed by atoms with E-state index in [1.165, 1.54) is 23.7 Å². The molecular formula is C14H14F3N3OS. The van der Waals surface area contributed by atoms with Crippen LogP contribution in [0, 0.1) is 0 Å². The summed E-state index contributed by atoms with van der Waals surface area (Å²) in [6.45, 7) is 0.0839. The number of aliphatic hydroxyl groups excluding tert-OH is 1. The molecular weight excluding hydrogens is 315 g/mol. The summed E-state index contributed by atoms with van der Waals surface area (Å²) in [4.78, 5) is 4.30. The van der Waals surface area contributed by atoms with Crippen molar-refractivity contribution in [2.75, 3.05) is 11.9 Å². The predicted octanol–water partition coefficient (Wildman–Crippen LogP) is 3.58. The van der Waals surface area contributed by atoms with Crippen molar-refractivity contribution in [3.63, 3.8) is 0 Å². The van der Waals surface area contributed by atoms with Crippen LogP contribution in [-0.4, -0.2) is 21.0 Å². The van der Waals surface area contributed by atoms with Crippen LogP contribution < -0.4 is 5.32 Å². The van der Waals surface area contributed by atoms with E-state index in [0.717, 1.165) is 30.8 Å². The number of hydrogen-bond donors (Lipinski definition) is 2. The predicted molar refractivity (Wildman–Crippen MR) is 76.8 cm³/mol. The van der Waals surface area contributed by atoms with Gasteiger partial charge in [0.2, 0.25) is 5.13 Å². The van der Waals surface area contributed by atoms with Gasteiger partial charge in [-0.25, -0.2) is 4.98 Å². The number of hydrogen-bond acceptors (Lipinski definition) is 5. The van der Waals surface area contributed by atoms with E-state index in [1.807, 2.05) is 0 Å². The number of benzene rings is 1. The molecule has 0 unspecified atom stereocenters. The standard InChI is InChI=1S/C14H14F3N3OS/c15-14(16,17)10-3-1-2-9(6-10)11(21)7-18-13-19-12(20-22-13)8-4-5-8/h1-3,6,8,11,21H,4-5,7H2,(H,18,19,20)/t11-/m0/s1. The zero-order chi connectivity index (χ0) is 15.7. The molecule has 2 aromatic rings. The van der Waals surface area contributed by atoms with Gasteiger partial charge in [-0.05, 0) is 30.5 Å². The Bertz CT molecular complexity index is 655. The van der Waals surface area contributed by atoms with E-state index in [-0.39, 0.29) is 12.1 Å². The number of halogens is 3. The summed E-state index contributed by atoms with van der Waals surface area (Å²) >= 11 is 1.20. The molecule has 2 N–H and O–H groups in total. The zero-order valence-corrected chi connectivity index (χ0v) is 12.3. The van der Waals surface area contributed by atoms with Gasteiger partial charge in [0.15, 0.2) is 0 Å². The Labute approximate surface area is 129 Å². The van der Waals surface area contributed by atoms with Gasteiger partial charge in [-0.1, -0.05) is 12.1 Å². The monoisotopic (exact) mass is 329 g/mol. The highest BCUT2D eigenvalue weighted by Crippen LogP contribution is 2.39. The van der Waals surface area contributed by atoms with Crippen LogP contribution >= 0.6 is 11.5 Å². The Kier molecular flexibility index (Phi) is 4.05. The summed E-state index contributed by atoms with van der Waals surface area (Å²) < 4.78 is 42.2. The summed E-state index contributed by atoms with van der Waals surface area (Å²) in [5.74, 6) is 1.25. The Morgan fingerprint density at radius 2 is 2.14 bits per heavy atom. The largest absolute Gasteiger partial charge is 0.416 e. The number of nitrogens with zero attached hydrogens (tertiary/aromatic N) is 2. The lowest BCUT2D eigenvalue weighted by molar-refractivity contribution is -0.137. The Morgan fingerprint density at radius 1 is 1.36 bits per heavy atom. The molecule has 8 heteroatoms. The van der Waals surface area contributed by atoms with Crippen LogP contribution in [-0.2, 0) is 6.18 Å². The number of nitrogens with one attached hydrogen (secondary N) is 1. The van der Waals surface area contributed by atoms with Gasteiger partial charge in [0, 0.05) is 24.0 Å². The van der Waals surface area contributed by atoms with Crippen LogP contribution in [0.4, 0.5) is 18.3 Å². The average Bonchev–Trinajstić information content (AvgIpc) is 3.23. The minimum absolute atomic E-state index is 0.0839. The van der Waals surface area contributed by atoms with E-state index < -0.39 is 17.8 Å². The third-order valence-corrected chi connectivity index (χ3v) is 4.12. The highest BCUT2D eigenvalue weighted by Gasteiger charge is 2.31. The zero-order valence-electron chi connectivity index (χ0n) is 11.5. The summed E-state index contributed by atoms with van der Waals surface area (Å²) in [5, 5.41) is 13.5. The molecule has 3 rings (SSSR count). The maximum Gasteiger partial charge on any atom is 0.416 e. The van der Waals surface area contributed by atoms with Crippen LogP contribution in [0.3, 0.4) is 0 Å². The molecule has 0 aliphatic heterocycles. The molecule has 1 atom stereocenters. The third kappa shape index (κ3) is 3.56. The fourth-order valence-electron chi connectivity index (χ4n) is 2.04. The SMILES string of the molecule is O[C@@H](CNc1nc(C2CC2)ns1)c1cccc(C(F)(F)F)c1. The van der Waals surface area contributed by atoms with Gasteiger partial charge in [0.05, 0.1) is 11.7 Å². The van der Waals surface area contributed by atoms with E-state index in [4.69, 9.17) is 0 Å². The lowest BCUT2D eigenvalue weighted by Gasteiger charge is -2.14. The molecule has 0 radical (unpaired) electrons. The van der Waals surface area contributed by atoms with E-state index in [0.29, 0.717) is 11.0 Å². The van der Waals surface area contributed by atoms with Crippen LogP contribution in [0.1, 0.15) is 41.8 Å². The second-order valence-electron chi connectivity index (χ2n) is 5.25. The van der Waals surface area contributed by atoms with E-state index in [1.54, 1.807) is 0 Å². The van der Waals surface area contributed by atoms with Crippen molar-refractivity contribution in [1.29, 1.82) is 0 Å². The minimum Gasteiger partial charge on any atom is -0.387 e. The Hall–Kier alpha value is -1.67. The van der Waals surface area contributed by atoms with Crippen molar-refractivity contribution in [2.24, 2.45) is 0 Å². The van der Waals surface area contributed by atoms with Gasteiger partial charge < -0.3 is 10.4 Å². The lowest BCUT2D eigenvalue weighted by Crippen LogP contribution is -2.13. The summed E-state index contributed by atoms with van der Waals surface area (Å²) in [6.07, 6.45) is -3.26. The molecule has 1 aliphatic carbocycles. The Morgan fingerprint density at radius 3 is 2.82 bits per heavy atom. The molecule has 4 nitrogen and oxygen atoms in total. The van der Waals surface area contributed by atoms with Crippen molar-refractivity contribution < 1.29 is 18.3 Å². The maximum atomic E-state index is 12.7. The van der Waals surface area contributed by atoms with Crippen molar-refractivity contribution in [3.05, 3.63) is 41.2 Å². The molecule has 118 valence electrons. The van der Waals surface area contributed by atoms with E-state index in [2.05, 4.69) is 14.7 Å². The molecule has 1 fully saturated rings. The summed E-state index contributed by atoms with van der Waals surface area (Å²) in [7, 11) is 0. The number of rotatable bonds is 5. The molecule has 1 aliphatic rings. The van der Waals surface area contributed by atoms with Crippen LogP contribution in [0.25, 0.3) is 0 Å². The van der Waals surface area contributed by atoms with Gasteiger partial charge in [-0.3, -0.25) is 0 Å². The molecule has 0 bridgehead atoms. The van der Waals surface area contributed by atoms with Crippen LogP contribution in [0.5, 0.6) is 0 Å². The molecule has 0 spiro atoms. The average molecular weight is 329 g/mol. The normalized spacial score (nSPS) is 16.5. The number of alkyl halides is 3. The first-order valence-corrected chi connectivity index (χ1v) is 7.63. The van der Waals surface area contributed by atoms with Crippen molar-refractivity contribution >= 4 is 16.7 Å². The quantitative estimate of drug-likeness (QED) is 0.880. The van der Waals surface area contributed by atoms with Crippen LogP contribution in [0.2, 0.25) is 0 Å². The fraction of sp³-hybridized carbons (Fsp3) is 0.429. The first kappa shape index (κ1) is 15.2.